The van der Waals surface area contributed by atoms with E-state index >= 15 is 0 Å². The smallest absolute Gasteiger partial charge is 0.267 e. The molecule has 1 aromatic rings. The van der Waals surface area contributed by atoms with Crippen LogP contribution in [0.5, 0.6) is 0 Å². The Labute approximate surface area is 91.9 Å². The number of rotatable bonds is 2. The molecule has 5 nitrogen and oxygen atoms in total. The monoisotopic (exact) mass is 227 g/mol. The summed E-state index contributed by atoms with van der Waals surface area (Å²) >= 11 is 1.10. The summed E-state index contributed by atoms with van der Waals surface area (Å²) in [6.07, 6.45) is 4.45. The van der Waals surface area contributed by atoms with Gasteiger partial charge in [-0.15, -0.1) is 5.10 Å². The van der Waals surface area contributed by atoms with Gasteiger partial charge in [0.05, 0.1) is 18.8 Å². The number of aromatic nitrogens is 2. The summed E-state index contributed by atoms with van der Waals surface area (Å²) in [6, 6.07) is -0.0339. The lowest BCUT2D eigenvalue weighted by molar-refractivity contribution is 0.0507. The minimum absolute atomic E-state index is 0.0339. The second-order valence-electron chi connectivity index (χ2n) is 3.61. The first kappa shape index (κ1) is 10.5. The molecular formula is C9H13N3O2S. The molecule has 0 aromatic carbocycles. The lowest BCUT2D eigenvalue weighted by Gasteiger charge is -2.34. The summed E-state index contributed by atoms with van der Waals surface area (Å²) in [5.41, 5.74) is 0. The summed E-state index contributed by atoms with van der Waals surface area (Å²) < 4.78 is 3.67. The molecule has 1 saturated heterocycles. The molecule has 1 N–H and O–H groups in total. The molecule has 1 atom stereocenters. The Kier molecular flexibility index (Phi) is 3.27. The van der Waals surface area contributed by atoms with Gasteiger partial charge in [-0.05, 0) is 30.8 Å². The first-order chi connectivity index (χ1) is 7.33. The Hall–Kier alpha value is -1.01. The van der Waals surface area contributed by atoms with Crippen LogP contribution in [0.3, 0.4) is 0 Å². The Morgan fingerprint density at radius 3 is 3.20 bits per heavy atom. The van der Waals surface area contributed by atoms with E-state index in [0.717, 1.165) is 37.3 Å². The van der Waals surface area contributed by atoms with Crippen molar-refractivity contribution in [3.05, 3.63) is 11.1 Å². The van der Waals surface area contributed by atoms with Gasteiger partial charge in [-0.3, -0.25) is 4.79 Å². The molecule has 15 heavy (non-hydrogen) atoms. The normalized spacial score (nSPS) is 21.7. The molecule has 2 heterocycles. The topological polar surface area (TPSA) is 66.3 Å². The number of hydrogen-bond acceptors (Lipinski definition) is 5. The van der Waals surface area contributed by atoms with Crippen LogP contribution in [-0.2, 0) is 0 Å². The SMILES string of the molecule is O=C(c1cnns1)N1CCCCC1CO. The van der Waals surface area contributed by atoms with E-state index in [2.05, 4.69) is 9.59 Å². The van der Waals surface area contributed by atoms with Gasteiger partial charge in [0.25, 0.3) is 5.91 Å². The lowest BCUT2D eigenvalue weighted by atomic mass is 10.0. The van der Waals surface area contributed by atoms with Crippen LogP contribution >= 0.6 is 11.5 Å². The molecule has 0 saturated carbocycles. The van der Waals surface area contributed by atoms with Crippen molar-refractivity contribution in [1.82, 2.24) is 14.5 Å². The van der Waals surface area contributed by atoms with Gasteiger partial charge in [0.1, 0.15) is 4.88 Å². The van der Waals surface area contributed by atoms with Crippen molar-refractivity contribution in [2.45, 2.75) is 25.3 Å². The highest BCUT2D eigenvalue weighted by Gasteiger charge is 2.27. The molecular weight excluding hydrogens is 214 g/mol. The van der Waals surface area contributed by atoms with Crippen LogP contribution in [0, 0.1) is 0 Å². The van der Waals surface area contributed by atoms with Crippen molar-refractivity contribution in [1.29, 1.82) is 0 Å². The Bertz CT molecular complexity index is 328. The molecule has 0 bridgehead atoms. The lowest BCUT2D eigenvalue weighted by Crippen LogP contribution is -2.45. The summed E-state index contributed by atoms with van der Waals surface area (Å²) in [6.45, 7) is 0.764. The largest absolute Gasteiger partial charge is 0.394 e. The van der Waals surface area contributed by atoms with Gasteiger partial charge < -0.3 is 10.0 Å². The van der Waals surface area contributed by atoms with Crippen molar-refractivity contribution >= 4 is 17.4 Å². The standard InChI is InChI=1S/C9H13N3O2S/c13-6-7-3-1-2-4-12(7)9(14)8-5-10-11-15-8/h5,7,13H,1-4,6H2. The average molecular weight is 227 g/mol. The van der Waals surface area contributed by atoms with Crippen molar-refractivity contribution in [2.75, 3.05) is 13.2 Å². The maximum atomic E-state index is 12.0. The van der Waals surface area contributed by atoms with Crippen molar-refractivity contribution < 1.29 is 9.90 Å². The average Bonchev–Trinajstić information content (AvgIpc) is 2.81. The minimum atomic E-state index is -0.0521. The number of aliphatic hydroxyl groups excluding tert-OH is 1. The quantitative estimate of drug-likeness (QED) is 0.800. The first-order valence-electron chi connectivity index (χ1n) is 5.02. The Morgan fingerprint density at radius 1 is 1.67 bits per heavy atom. The van der Waals surface area contributed by atoms with Crippen LogP contribution in [0.4, 0.5) is 0 Å². The predicted octanol–water partition coefficient (Wildman–Crippen LogP) is 0.525. The highest BCUT2D eigenvalue weighted by atomic mass is 32.1. The Morgan fingerprint density at radius 2 is 2.53 bits per heavy atom. The molecule has 2 rings (SSSR count). The molecule has 82 valence electrons. The van der Waals surface area contributed by atoms with Gasteiger partial charge in [0.2, 0.25) is 0 Å². The molecule has 0 radical (unpaired) electrons. The molecule has 1 amide bonds. The first-order valence-corrected chi connectivity index (χ1v) is 5.79. The summed E-state index contributed by atoms with van der Waals surface area (Å²) in [4.78, 5) is 14.3. The van der Waals surface area contributed by atoms with Gasteiger partial charge in [-0.1, -0.05) is 4.49 Å². The van der Waals surface area contributed by atoms with Crippen molar-refractivity contribution in [2.24, 2.45) is 0 Å². The molecule has 0 spiro atoms. The van der Waals surface area contributed by atoms with Gasteiger partial charge in [-0.2, -0.15) is 0 Å². The summed E-state index contributed by atoms with van der Waals surface area (Å²) in [5, 5.41) is 12.8. The molecule has 1 aliphatic rings. The van der Waals surface area contributed by atoms with Crippen LogP contribution in [0.15, 0.2) is 6.20 Å². The highest BCUT2D eigenvalue weighted by molar-refractivity contribution is 7.07. The van der Waals surface area contributed by atoms with Crippen LogP contribution in [0.25, 0.3) is 0 Å². The summed E-state index contributed by atoms with van der Waals surface area (Å²) in [7, 11) is 0. The minimum Gasteiger partial charge on any atom is -0.394 e. The van der Waals surface area contributed by atoms with Crippen LogP contribution in [0.2, 0.25) is 0 Å². The zero-order valence-electron chi connectivity index (χ0n) is 8.30. The highest BCUT2D eigenvalue weighted by Crippen LogP contribution is 2.19. The van der Waals surface area contributed by atoms with Gasteiger partial charge in [0, 0.05) is 6.54 Å². The zero-order valence-corrected chi connectivity index (χ0v) is 9.11. The number of hydrogen-bond donors (Lipinski definition) is 1. The third kappa shape index (κ3) is 2.15. The van der Waals surface area contributed by atoms with E-state index < -0.39 is 0 Å². The van der Waals surface area contributed by atoms with E-state index in [1.807, 2.05) is 0 Å². The molecule has 1 fully saturated rings. The van der Waals surface area contributed by atoms with E-state index in [0.29, 0.717) is 4.88 Å². The van der Waals surface area contributed by atoms with Crippen LogP contribution in [-0.4, -0.2) is 44.7 Å². The van der Waals surface area contributed by atoms with Gasteiger partial charge in [0.15, 0.2) is 0 Å². The molecule has 1 unspecified atom stereocenters. The van der Waals surface area contributed by atoms with E-state index in [1.54, 1.807) is 4.90 Å². The molecule has 0 aliphatic carbocycles. The van der Waals surface area contributed by atoms with E-state index in [1.165, 1.54) is 6.20 Å². The maximum Gasteiger partial charge on any atom is 0.267 e. The second-order valence-corrected chi connectivity index (χ2v) is 4.40. The number of likely N-dealkylation sites (tertiary alicyclic amines) is 1. The number of carbonyl (C=O) groups excluding carboxylic acids is 1. The van der Waals surface area contributed by atoms with Crippen LogP contribution in [0.1, 0.15) is 28.9 Å². The number of piperidine rings is 1. The molecule has 1 aliphatic heterocycles. The number of aliphatic hydroxyl groups is 1. The fraction of sp³-hybridized carbons (Fsp3) is 0.667. The maximum absolute atomic E-state index is 12.0. The predicted molar refractivity (Wildman–Crippen MR) is 55.7 cm³/mol. The number of amides is 1. The third-order valence-corrected chi connectivity index (χ3v) is 3.32. The molecule has 6 heteroatoms. The fourth-order valence-corrected chi connectivity index (χ4v) is 2.33. The second kappa shape index (κ2) is 4.67. The molecule has 1 aromatic heterocycles. The van der Waals surface area contributed by atoms with E-state index in [4.69, 9.17) is 0 Å². The van der Waals surface area contributed by atoms with Gasteiger partial charge in [-0.25, -0.2) is 0 Å². The third-order valence-electron chi connectivity index (χ3n) is 2.67. The van der Waals surface area contributed by atoms with Gasteiger partial charge >= 0.3 is 0 Å². The van der Waals surface area contributed by atoms with Crippen molar-refractivity contribution in [3.8, 4) is 0 Å². The van der Waals surface area contributed by atoms with Crippen LogP contribution < -0.4 is 0 Å². The van der Waals surface area contributed by atoms with E-state index in [9.17, 15) is 9.90 Å². The number of nitrogens with zero attached hydrogens (tertiary/aromatic N) is 3. The Balaban J connectivity index is 2.11. The summed E-state index contributed by atoms with van der Waals surface area (Å²) in [5.74, 6) is -0.0521. The number of carbonyl (C=O) groups is 1. The van der Waals surface area contributed by atoms with Crippen molar-refractivity contribution in [3.63, 3.8) is 0 Å². The zero-order chi connectivity index (χ0) is 10.7. The van der Waals surface area contributed by atoms with E-state index in [-0.39, 0.29) is 18.6 Å². The fourth-order valence-electron chi connectivity index (χ4n) is 1.86.